The van der Waals surface area contributed by atoms with E-state index in [1.807, 2.05) is 6.07 Å². The summed E-state index contributed by atoms with van der Waals surface area (Å²) in [6.45, 7) is 0.0494. The number of nitriles is 1. The van der Waals surface area contributed by atoms with Crippen LogP contribution >= 0.6 is 0 Å². The molecule has 1 fully saturated rings. The Morgan fingerprint density at radius 3 is 2.65 bits per heavy atom. The van der Waals surface area contributed by atoms with E-state index in [0.29, 0.717) is 28.4 Å². The fourth-order valence-electron chi connectivity index (χ4n) is 3.37. The maximum atomic E-state index is 12.9. The third-order valence-corrected chi connectivity index (χ3v) is 5.10. The van der Waals surface area contributed by atoms with Crippen LogP contribution < -0.4 is 14.8 Å². The van der Waals surface area contributed by atoms with Gasteiger partial charge in [-0.1, -0.05) is 24.3 Å². The van der Waals surface area contributed by atoms with Crippen LogP contribution in [0.2, 0.25) is 0 Å². The third-order valence-electron chi connectivity index (χ3n) is 5.10. The number of urea groups is 1. The first-order valence-electron chi connectivity index (χ1n) is 10.2. The van der Waals surface area contributed by atoms with Crippen molar-refractivity contribution in [1.29, 1.82) is 5.26 Å². The monoisotopic (exact) mass is 457 g/mol. The van der Waals surface area contributed by atoms with Crippen molar-refractivity contribution in [3.8, 4) is 17.6 Å². The maximum Gasteiger partial charge on any atom is 0.331 e. The van der Waals surface area contributed by atoms with Gasteiger partial charge >= 0.3 is 6.03 Å². The van der Waals surface area contributed by atoms with Crippen LogP contribution in [0.1, 0.15) is 22.5 Å². The first-order chi connectivity index (χ1) is 16.5. The normalized spacial score (nSPS) is 14.6. The average Bonchev–Trinajstić information content (AvgIpc) is 3.37. The van der Waals surface area contributed by atoms with Crippen LogP contribution in [0.15, 0.2) is 70.9 Å². The van der Waals surface area contributed by atoms with Crippen LogP contribution in [-0.4, -0.2) is 29.9 Å². The Morgan fingerprint density at radius 2 is 1.91 bits per heavy atom. The van der Waals surface area contributed by atoms with E-state index < -0.39 is 17.8 Å². The Kier molecular flexibility index (Phi) is 6.41. The van der Waals surface area contributed by atoms with E-state index in [2.05, 4.69) is 11.4 Å². The largest absolute Gasteiger partial charge is 0.493 e. The second kappa shape index (κ2) is 9.75. The molecule has 4 amide bonds. The molecule has 0 spiro atoms. The number of barbiturate groups is 1. The van der Waals surface area contributed by atoms with E-state index in [-0.39, 0.29) is 18.7 Å². The highest BCUT2D eigenvalue weighted by molar-refractivity contribution is 6.30. The zero-order valence-corrected chi connectivity index (χ0v) is 18.1. The van der Waals surface area contributed by atoms with Crippen molar-refractivity contribution >= 4 is 23.9 Å². The van der Waals surface area contributed by atoms with Gasteiger partial charge in [-0.25, -0.2) is 4.79 Å². The van der Waals surface area contributed by atoms with Crippen LogP contribution in [0.5, 0.6) is 11.5 Å². The van der Waals surface area contributed by atoms with E-state index in [9.17, 15) is 19.6 Å². The van der Waals surface area contributed by atoms with Gasteiger partial charge < -0.3 is 13.9 Å². The van der Waals surface area contributed by atoms with Crippen molar-refractivity contribution in [2.24, 2.45) is 0 Å². The van der Waals surface area contributed by atoms with Crippen molar-refractivity contribution in [2.75, 3.05) is 7.11 Å². The molecule has 1 N–H and O–H groups in total. The standard InChI is InChI=1S/C25H19N3O6/c1-32-22-12-16(8-9-21(22)34-15-18-6-3-2-5-17(18)13-26)11-20-23(29)27-25(31)28(24(20)30)14-19-7-4-10-33-19/h2-12H,14-15H2,1H3,(H,27,29,31)/b20-11+. The number of furan rings is 1. The molecule has 0 bridgehead atoms. The number of methoxy groups -OCH3 is 1. The number of nitrogens with zero attached hydrogens (tertiary/aromatic N) is 2. The van der Waals surface area contributed by atoms with Crippen molar-refractivity contribution in [3.05, 3.63) is 88.9 Å². The van der Waals surface area contributed by atoms with Gasteiger partial charge in [-0.15, -0.1) is 0 Å². The minimum atomic E-state index is -0.817. The summed E-state index contributed by atoms with van der Waals surface area (Å²) in [7, 11) is 1.46. The highest BCUT2D eigenvalue weighted by Crippen LogP contribution is 2.30. The molecular weight excluding hydrogens is 438 g/mol. The number of nitrogens with one attached hydrogen (secondary N) is 1. The van der Waals surface area contributed by atoms with Gasteiger partial charge in [0.25, 0.3) is 11.8 Å². The molecule has 170 valence electrons. The Morgan fingerprint density at radius 1 is 1.09 bits per heavy atom. The predicted molar refractivity (Wildman–Crippen MR) is 119 cm³/mol. The van der Waals surface area contributed by atoms with Crippen LogP contribution in [0, 0.1) is 11.3 Å². The van der Waals surface area contributed by atoms with Crippen molar-refractivity contribution in [2.45, 2.75) is 13.2 Å². The summed E-state index contributed by atoms with van der Waals surface area (Å²) in [6.07, 6.45) is 2.80. The molecule has 1 aliphatic heterocycles. The summed E-state index contributed by atoms with van der Waals surface area (Å²) >= 11 is 0. The molecule has 0 saturated carbocycles. The molecule has 9 heteroatoms. The van der Waals surface area contributed by atoms with Gasteiger partial charge in [0.15, 0.2) is 11.5 Å². The number of ether oxygens (including phenoxy) is 2. The Labute approximate surface area is 194 Å². The third kappa shape index (κ3) is 4.66. The van der Waals surface area contributed by atoms with E-state index in [1.165, 1.54) is 19.4 Å². The molecule has 4 rings (SSSR count). The fourth-order valence-corrected chi connectivity index (χ4v) is 3.37. The molecule has 34 heavy (non-hydrogen) atoms. The molecule has 9 nitrogen and oxygen atoms in total. The minimum absolute atomic E-state index is 0.109. The molecule has 3 aromatic rings. The van der Waals surface area contributed by atoms with Crippen LogP contribution in [0.25, 0.3) is 6.08 Å². The van der Waals surface area contributed by atoms with E-state index in [0.717, 1.165) is 10.5 Å². The lowest BCUT2D eigenvalue weighted by atomic mass is 10.1. The highest BCUT2D eigenvalue weighted by atomic mass is 16.5. The molecule has 1 saturated heterocycles. The van der Waals surface area contributed by atoms with E-state index in [4.69, 9.17) is 13.9 Å². The Hall–Kier alpha value is -4.84. The Balaban J connectivity index is 1.56. The number of hydrogen-bond donors (Lipinski definition) is 1. The molecule has 1 aromatic heterocycles. The van der Waals surface area contributed by atoms with Gasteiger partial charge in [0.2, 0.25) is 0 Å². The van der Waals surface area contributed by atoms with Crippen molar-refractivity contribution in [1.82, 2.24) is 10.2 Å². The smallest absolute Gasteiger partial charge is 0.331 e. The molecular formula is C25H19N3O6. The number of carbonyl (C=O) groups is 3. The second-order valence-electron chi connectivity index (χ2n) is 7.26. The average molecular weight is 457 g/mol. The SMILES string of the molecule is COc1cc(/C=C2\C(=O)NC(=O)N(Cc3ccco3)C2=O)ccc1OCc1ccccc1C#N. The van der Waals surface area contributed by atoms with Crippen LogP contribution in [0.4, 0.5) is 4.79 Å². The summed E-state index contributed by atoms with van der Waals surface area (Å²) in [5.41, 5.74) is 1.53. The molecule has 0 unspecified atom stereocenters. The second-order valence-corrected chi connectivity index (χ2v) is 7.26. The zero-order chi connectivity index (χ0) is 24.1. The van der Waals surface area contributed by atoms with Gasteiger partial charge in [0.1, 0.15) is 17.9 Å². The van der Waals surface area contributed by atoms with E-state index in [1.54, 1.807) is 48.5 Å². The first-order valence-corrected chi connectivity index (χ1v) is 10.2. The van der Waals surface area contributed by atoms with Crippen LogP contribution in [0.3, 0.4) is 0 Å². The summed E-state index contributed by atoms with van der Waals surface area (Å²) in [6, 6.07) is 16.5. The lowest BCUT2D eigenvalue weighted by Crippen LogP contribution is -2.53. The number of imide groups is 2. The number of rotatable bonds is 7. The summed E-state index contributed by atoms with van der Waals surface area (Å²) in [5.74, 6) is -0.337. The molecule has 0 radical (unpaired) electrons. The van der Waals surface area contributed by atoms with Crippen LogP contribution in [-0.2, 0) is 22.7 Å². The number of amides is 4. The summed E-state index contributed by atoms with van der Waals surface area (Å²) in [5, 5.41) is 11.4. The molecule has 2 heterocycles. The molecule has 0 atom stereocenters. The van der Waals surface area contributed by atoms with Crippen molar-refractivity contribution < 1.29 is 28.3 Å². The van der Waals surface area contributed by atoms with E-state index >= 15 is 0 Å². The summed E-state index contributed by atoms with van der Waals surface area (Å²) in [4.78, 5) is 38.3. The highest BCUT2D eigenvalue weighted by Gasteiger charge is 2.36. The number of hydrogen-bond acceptors (Lipinski definition) is 7. The first kappa shape index (κ1) is 22.4. The maximum absolute atomic E-state index is 12.9. The lowest BCUT2D eigenvalue weighted by Gasteiger charge is -2.25. The quantitative estimate of drug-likeness (QED) is 0.426. The molecule has 0 aliphatic carbocycles. The lowest BCUT2D eigenvalue weighted by molar-refractivity contribution is -0.130. The van der Waals surface area contributed by atoms with Gasteiger partial charge in [-0.3, -0.25) is 19.8 Å². The van der Waals surface area contributed by atoms with Gasteiger partial charge in [0.05, 0.1) is 31.6 Å². The van der Waals surface area contributed by atoms with Crippen molar-refractivity contribution in [3.63, 3.8) is 0 Å². The zero-order valence-electron chi connectivity index (χ0n) is 18.1. The summed E-state index contributed by atoms with van der Waals surface area (Å²) < 4.78 is 16.4. The molecule has 2 aromatic carbocycles. The molecule has 1 aliphatic rings. The van der Waals surface area contributed by atoms with Gasteiger partial charge in [0, 0.05) is 5.56 Å². The van der Waals surface area contributed by atoms with Gasteiger partial charge in [-0.2, -0.15) is 5.26 Å². The Bertz CT molecular complexity index is 1320. The van der Waals surface area contributed by atoms with Gasteiger partial charge in [-0.05, 0) is 42.0 Å². The minimum Gasteiger partial charge on any atom is -0.493 e. The topological polar surface area (TPSA) is 122 Å². The number of carbonyl (C=O) groups excluding carboxylic acids is 3. The number of benzene rings is 2. The fraction of sp³-hybridized carbons (Fsp3) is 0.120. The predicted octanol–water partition coefficient (Wildman–Crippen LogP) is 3.40.